The molecule has 4 nitrogen and oxygen atoms in total. The number of carbonyl (C=O) groups excluding carboxylic acids is 1. The summed E-state index contributed by atoms with van der Waals surface area (Å²) in [6, 6.07) is 5.72. The summed E-state index contributed by atoms with van der Waals surface area (Å²) in [4.78, 5) is 25.3. The molecule has 1 fully saturated rings. The number of nitrogens with zero attached hydrogens (tertiary/aromatic N) is 1. The first-order chi connectivity index (χ1) is 10.1. The molecule has 0 aliphatic carbocycles. The van der Waals surface area contributed by atoms with Gasteiger partial charge in [0, 0.05) is 23.6 Å². The van der Waals surface area contributed by atoms with E-state index >= 15 is 0 Å². The van der Waals surface area contributed by atoms with Crippen LogP contribution in [0.15, 0.2) is 29.2 Å². The van der Waals surface area contributed by atoms with Gasteiger partial charge in [0.05, 0.1) is 0 Å². The molecule has 6 heteroatoms. The summed E-state index contributed by atoms with van der Waals surface area (Å²) in [7, 11) is 0. The maximum absolute atomic E-state index is 13.4. The highest BCUT2D eigenvalue weighted by molar-refractivity contribution is 7.99. The van der Waals surface area contributed by atoms with Gasteiger partial charge in [-0.2, -0.15) is 0 Å². The van der Waals surface area contributed by atoms with E-state index in [9.17, 15) is 14.0 Å². The Hall–Kier alpha value is -1.56. The van der Waals surface area contributed by atoms with Crippen LogP contribution in [0.2, 0.25) is 0 Å². The molecule has 1 aromatic rings. The molecule has 1 aliphatic rings. The van der Waals surface area contributed by atoms with E-state index in [1.54, 1.807) is 18.2 Å². The van der Waals surface area contributed by atoms with Crippen molar-refractivity contribution in [3.63, 3.8) is 0 Å². The number of carboxylic acid groups (broad SMARTS) is 1. The monoisotopic (exact) mass is 311 g/mol. The van der Waals surface area contributed by atoms with Gasteiger partial charge in [-0.15, -0.1) is 11.8 Å². The number of hydrogen-bond donors (Lipinski definition) is 1. The lowest BCUT2D eigenvalue weighted by Gasteiger charge is -2.33. The molecule has 0 saturated carbocycles. The van der Waals surface area contributed by atoms with Gasteiger partial charge in [0.15, 0.2) is 0 Å². The summed E-state index contributed by atoms with van der Waals surface area (Å²) >= 11 is 1.28. The second-order valence-corrected chi connectivity index (χ2v) is 6.10. The van der Waals surface area contributed by atoms with Gasteiger partial charge in [0.1, 0.15) is 11.9 Å². The average Bonchev–Trinajstić information content (AvgIpc) is 2.49. The molecule has 1 amide bonds. The van der Waals surface area contributed by atoms with Crippen molar-refractivity contribution in [3.8, 4) is 0 Å². The predicted molar refractivity (Wildman–Crippen MR) is 78.7 cm³/mol. The number of benzene rings is 1. The van der Waals surface area contributed by atoms with Crippen LogP contribution in [0.3, 0.4) is 0 Å². The number of carboxylic acids is 1. The number of aliphatic carboxylic acids is 1. The summed E-state index contributed by atoms with van der Waals surface area (Å²) in [5, 5.41) is 9.15. The SMILES string of the molecule is O=C(O)[C@@H]1CCCCN1C(=O)CCSc1ccccc1F. The summed E-state index contributed by atoms with van der Waals surface area (Å²) < 4.78 is 13.4. The van der Waals surface area contributed by atoms with E-state index in [1.807, 2.05) is 0 Å². The molecule has 0 aromatic heterocycles. The van der Waals surface area contributed by atoms with Gasteiger partial charge in [-0.05, 0) is 31.4 Å². The number of likely N-dealkylation sites (tertiary alicyclic amines) is 1. The summed E-state index contributed by atoms with van der Waals surface area (Å²) in [5.74, 6) is -0.949. The molecule has 1 atom stereocenters. The minimum absolute atomic E-state index is 0.161. The molecule has 2 rings (SSSR count). The van der Waals surface area contributed by atoms with Gasteiger partial charge in [0.2, 0.25) is 5.91 Å². The number of carbonyl (C=O) groups is 2. The maximum atomic E-state index is 13.4. The molecule has 1 saturated heterocycles. The van der Waals surface area contributed by atoms with E-state index in [2.05, 4.69) is 0 Å². The van der Waals surface area contributed by atoms with Crippen molar-refractivity contribution in [3.05, 3.63) is 30.1 Å². The Kier molecular flexibility index (Phi) is 5.61. The van der Waals surface area contributed by atoms with E-state index in [0.29, 0.717) is 23.6 Å². The highest BCUT2D eigenvalue weighted by Crippen LogP contribution is 2.23. The first kappa shape index (κ1) is 15.8. The predicted octanol–water partition coefficient (Wildman–Crippen LogP) is 2.77. The fourth-order valence-corrected chi connectivity index (χ4v) is 3.32. The molecule has 1 heterocycles. The van der Waals surface area contributed by atoms with Crippen LogP contribution in [0.25, 0.3) is 0 Å². The van der Waals surface area contributed by atoms with Crippen molar-refractivity contribution < 1.29 is 19.1 Å². The summed E-state index contributed by atoms with van der Waals surface area (Å²) in [5.41, 5.74) is 0. The highest BCUT2D eigenvalue weighted by atomic mass is 32.2. The standard InChI is InChI=1S/C15H18FNO3S/c16-11-5-1-2-7-13(11)21-10-8-14(18)17-9-4-3-6-12(17)15(19)20/h1-2,5,7,12H,3-4,6,8-10H2,(H,19,20)/t12-/m0/s1. The van der Waals surface area contributed by atoms with Crippen LogP contribution in [0.5, 0.6) is 0 Å². The summed E-state index contributed by atoms with van der Waals surface area (Å²) in [6.45, 7) is 0.500. The zero-order valence-electron chi connectivity index (χ0n) is 11.6. The second-order valence-electron chi connectivity index (χ2n) is 4.97. The second kappa shape index (κ2) is 7.45. The molecular formula is C15H18FNO3S. The van der Waals surface area contributed by atoms with Crippen molar-refractivity contribution in [2.24, 2.45) is 0 Å². The molecule has 114 valence electrons. The Morgan fingerprint density at radius 2 is 2.10 bits per heavy atom. The Bertz CT molecular complexity index is 523. The van der Waals surface area contributed by atoms with Crippen molar-refractivity contribution in [2.45, 2.75) is 36.6 Å². The molecule has 0 spiro atoms. The third-order valence-corrected chi connectivity index (χ3v) is 4.57. The molecule has 0 bridgehead atoms. The zero-order chi connectivity index (χ0) is 15.2. The van der Waals surface area contributed by atoms with Crippen molar-refractivity contribution in [2.75, 3.05) is 12.3 Å². The van der Waals surface area contributed by atoms with E-state index < -0.39 is 12.0 Å². The lowest BCUT2D eigenvalue weighted by atomic mass is 10.0. The van der Waals surface area contributed by atoms with E-state index in [0.717, 1.165) is 12.8 Å². The number of hydrogen-bond acceptors (Lipinski definition) is 3. The number of piperidine rings is 1. The van der Waals surface area contributed by atoms with Crippen molar-refractivity contribution >= 4 is 23.6 Å². The van der Waals surface area contributed by atoms with Gasteiger partial charge >= 0.3 is 5.97 Å². The number of halogens is 1. The van der Waals surface area contributed by atoms with Crippen LogP contribution in [0, 0.1) is 5.82 Å². The van der Waals surface area contributed by atoms with Gasteiger partial charge in [-0.25, -0.2) is 9.18 Å². The lowest BCUT2D eigenvalue weighted by Crippen LogP contribution is -2.48. The van der Waals surface area contributed by atoms with Crippen molar-refractivity contribution in [1.29, 1.82) is 0 Å². The van der Waals surface area contributed by atoms with E-state index in [4.69, 9.17) is 5.11 Å². The Morgan fingerprint density at radius 1 is 1.33 bits per heavy atom. The topological polar surface area (TPSA) is 57.6 Å². The fraction of sp³-hybridized carbons (Fsp3) is 0.467. The van der Waals surface area contributed by atoms with Gasteiger partial charge in [0.25, 0.3) is 0 Å². The van der Waals surface area contributed by atoms with Crippen LogP contribution in [0.4, 0.5) is 4.39 Å². The quantitative estimate of drug-likeness (QED) is 0.850. The highest BCUT2D eigenvalue weighted by Gasteiger charge is 2.31. The van der Waals surface area contributed by atoms with Gasteiger partial charge in [-0.1, -0.05) is 12.1 Å². The molecular weight excluding hydrogens is 293 g/mol. The minimum atomic E-state index is -0.940. The molecule has 1 N–H and O–H groups in total. The zero-order valence-corrected chi connectivity index (χ0v) is 12.4. The minimum Gasteiger partial charge on any atom is -0.480 e. The number of thioether (sulfide) groups is 1. The Morgan fingerprint density at radius 3 is 2.81 bits per heavy atom. The Balaban J connectivity index is 1.86. The molecule has 0 unspecified atom stereocenters. The van der Waals surface area contributed by atoms with Crippen LogP contribution in [0.1, 0.15) is 25.7 Å². The lowest BCUT2D eigenvalue weighted by molar-refractivity contribution is -0.151. The van der Waals surface area contributed by atoms with Crippen LogP contribution >= 0.6 is 11.8 Å². The normalized spacial score (nSPS) is 18.5. The number of rotatable bonds is 5. The largest absolute Gasteiger partial charge is 0.480 e. The maximum Gasteiger partial charge on any atom is 0.326 e. The van der Waals surface area contributed by atoms with E-state index in [-0.39, 0.29) is 18.1 Å². The fourth-order valence-electron chi connectivity index (χ4n) is 2.44. The van der Waals surface area contributed by atoms with Crippen LogP contribution in [-0.4, -0.2) is 40.2 Å². The number of amides is 1. The van der Waals surface area contributed by atoms with Crippen LogP contribution in [-0.2, 0) is 9.59 Å². The first-order valence-electron chi connectivity index (χ1n) is 6.99. The Labute approximate surface area is 127 Å². The molecule has 1 aromatic carbocycles. The first-order valence-corrected chi connectivity index (χ1v) is 7.98. The van der Waals surface area contributed by atoms with Crippen LogP contribution < -0.4 is 0 Å². The third-order valence-electron chi connectivity index (χ3n) is 3.52. The molecule has 0 radical (unpaired) electrons. The van der Waals surface area contributed by atoms with Gasteiger partial charge < -0.3 is 10.0 Å². The summed E-state index contributed by atoms with van der Waals surface area (Å²) in [6.07, 6.45) is 2.42. The van der Waals surface area contributed by atoms with Crippen molar-refractivity contribution in [1.82, 2.24) is 4.90 Å². The molecule has 21 heavy (non-hydrogen) atoms. The smallest absolute Gasteiger partial charge is 0.326 e. The third kappa shape index (κ3) is 4.20. The average molecular weight is 311 g/mol. The molecule has 1 aliphatic heterocycles. The van der Waals surface area contributed by atoms with E-state index in [1.165, 1.54) is 22.7 Å². The van der Waals surface area contributed by atoms with Gasteiger partial charge in [-0.3, -0.25) is 4.79 Å².